The number of carbonyl (C=O) groups excluding carboxylic acids is 1. The van der Waals surface area contributed by atoms with Crippen LogP contribution >= 0.6 is 0 Å². The third kappa shape index (κ3) is 3.99. The van der Waals surface area contributed by atoms with Crippen molar-refractivity contribution < 1.29 is 26.9 Å². The minimum absolute atomic E-state index is 0.0154. The number of quaternary nitrogens is 1. The lowest BCUT2D eigenvalue weighted by atomic mass is 10.2. The smallest absolute Gasteiger partial charge is 0.278 e. The van der Waals surface area contributed by atoms with Gasteiger partial charge in [-0.2, -0.15) is 4.31 Å². The van der Waals surface area contributed by atoms with Crippen LogP contribution in [0.25, 0.3) is 0 Å². The molecule has 1 aliphatic carbocycles. The SMILES string of the molecule is C[C@@H](C(=O)NC1CC1)[NH+]1CCN(S(=O)(=O)c2ccc(F)cc2F)CC1. The van der Waals surface area contributed by atoms with Crippen molar-refractivity contribution in [3.63, 3.8) is 0 Å². The van der Waals surface area contributed by atoms with Crippen molar-refractivity contribution in [1.82, 2.24) is 9.62 Å². The van der Waals surface area contributed by atoms with Crippen LogP contribution in [-0.2, 0) is 14.8 Å². The first-order valence-electron chi connectivity index (χ1n) is 8.39. The van der Waals surface area contributed by atoms with Gasteiger partial charge in [0.1, 0.15) is 16.5 Å². The van der Waals surface area contributed by atoms with Gasteiger partial charge in [-0.15, -0.1) is 0 Å². The Morgan fingerprint density at radius 3 is 2.48 bits per heavy atom. The molecule has 0 aromatic heterocycles. The molecule has 0 radical (unpaired) electrons. The summed E-state index contributed by atoms with van der Waals surface area (Å²) in [4.78, 5) is 12.6. The van der Waals surface area contributed by atoms with Crippen LogP contribution in [0.1, 0.15) is 19.8 Å². The second-order valence-corrected chi connectivity index (χ2v) is 8.55. The Balaban J connectivity index is 1.63. The molecule has 1 amide bonds. The maximum Gasteiger partial charge on any atom is 0.278 e. The molecule has 0 unspecified atom stereocenters. The van der Waals surface area contributed by atoms with Crippen molar-refractivity contribution in [2.45, 2.75) is 36.7 Å². The summed E-state index contributed by atoms with van der Waals surface area (Å²) in [5.41, 5.74) is 0. The van der Waals surface area contributed by atoms with Crippen LogP contribution in [0.4, 0.5) is 8.78 Å². The highest BCUT2D eigenvalue weighted by molar-refractivity contribution is 7.89. The molecule has 0 bridgehead atoms. The van der Waals surface area contributed by atoms with Gasteiger partial charge in [-0.3, -0.25) is 4.79 Å². The Morgan fingerprint density at radius 2 is 1.92 bits per heavy atom. The lowest BCUT2D eigenvalue weighted by molar-refractivity contribution is -0.917. The van der Waals surface area contributed by atoms with Gasteiger partial charge in [-0.25, -0.2) is 17.2 Å². The highest BCUT2D eigenvalue weighted by Crippen LogP contribution is 2.20. The molecule has 1 heterocycles. The van der Waals surface area contributed by atoms with E-state index >= 15 is 0 Å². The number of nitrogens with one attached hydrogen (secondary N) is 2. The molecular weight excluding hydrogens is 352 g/mol. The van der Waals surface area contributed by atoms with Gasteiger partial charge >= 0.3 is 0 Å². The number of piperazine rings is 1. The number of nitrogens with zero attached hydrogens (tertiary/aromatic N) is 1. The zero-order valence-corrected chi connectivity index (χ0v) is 14.8. The zero-order valence-electron chi connectivity index (χ0n) is 14.0. The molecule has 6 nitrogen and oxygen atoms in total. The molecule has 25 heavy (non-hydrogen) atoms. The van der Waals surface area contributed by atoms with Crippen LogP contribution in [0.2, 0.25) is 0 Å². The molecule has 2 N–H and O–H groups in total. The van der Waals surface area contributed by atoms with Crippen LogP contribution in [0, 0.1) is 11.6 Å². The van der Waals surface area contributed by atoms with Crippen LogP contribution in [0.3, 0.4) is 0 Å². The highest BCUT2D eigenvalue weighted by atomic mass is 32.2. The van der Waals surface area contributed by atoms with Crippen molar-refractivity contribution in [1.29, 1.82) is 0 Å². The van der Waals surface area contributed by atoms with E-state index in [1.54, 1.807) is 0 Å². The average molecular weight is 374 g/mol. The summed E-state index contributed by atoms with van der Waals surface area (Å²) in [6.45, 7) is 3.13. The maximum atomic E-state index is 13.8. The third-order valence-electron chi connectivity index (χ3n) is 4.81. The van der Waals surface area contributed by atoms with E-state index in [0.717, 1.165) is 29.9 Å². The summed E-state index contributed by atoms with van der Waals surface area (Å²) in [6.07, 6.45) is 2.03. The van der Waals surface area contributed by atoms with Crippen molar-refractivity contribution in [3.05, 3.63) is 29.8 Å². The van der Waals surface area contributed by atoms with Crippen molar-refractivity contribution >= 4 is 15.9 Å². The molecule has 3 rings (SSSR count). The van der Waals surface area contributed by atoms with E-state index in [0.29, 0.717) is 19.2 Å². The Labute approximate surface area is 145 Å². The van der Waals surface area contributed by atoms with Gasteiger partial charge in [-0.1, -0.05) is 0 Å². The van der Waals surface area contributed by atoms with Gasteiger partial charge in [0.15, 0.2) is 6.04 Å². The number of rotatable bonds is 5. The van der Waals surface area contributed by atoms with Crippen LogP contribution in [-0.4, -0.2) is 56.9 Å². The summed E-state index contributed by atoms with van der Waals surface area (Å²) in [5, 5.41) is 2.95. The van der Waals surface area contributed by atoms with E-state index < -0.39 is 26.6 Å². The van der Waals surface area contributed by atoms with Gasteiger partial charge in [0, 0.05) is 12.1 Å². The van der Waals surface area contributed by atoms with Gasteiger partial charge in [0.05, 0.1) is 26.2 Å². The standard InChI is InChI=1S/C16H21F2N3O3S/c1-11(16(22)19-13-3-4-13)20-6-8-21(9-7-20)25(23,24)15-5-2-12(17)10-14(15)18/h2,5,10-11,13H,3-4,6-9H2,1H3,(H,19,22)/p+1/t11-/m0/s1. The lowest BCUT2D eigenvalue weighted by Gasteiger charge is -2.34. The summed E-state index contributed by atoms with van der Waals surface area (Å²) in [5.74, 6) is -1.92. The molecule has 2 fully saturated rings. The lowest BCUT2D eigenvalue weighted by Crippen LogP contribution is -3.19. The van der Waals surface area contributed by atoms with Crippen LogP contribution < -0.4 is 10.2 Å². The number of carbonyl (C=O) groups is 1. The minimum Gasteiger partial charge on any atom is -0.348 e. The topological polar surface area (TPSA) is 70.9 Å². The van der Waals surface area contributed by atoms with E-state index in [9.17, 15) is 22.0 Å². The summed E-state index contributed by atoms with van der Waals surface area (Å²) in [6, 6.07) is 2.48. The molecule has 138 valence electrons. The van der Waals surface area contributed by atoms with Crippen molar-refractivity contribution in [2.75, 3.05) is 26.2 Å². The van der Waals surface area contributed by atoms with Gasteiger partial charge in [0.2, 0.25) is 10.0 Å². The molecular formula is C16H22F2N3O3S+. The van der Waals surface area contributed by atoms with Crippen LogP contribution in [0.15, 0.2) is 23.1 Å². The van der Waals surface area contributed by atoms with Crippen molar-refractivity contribution in [3.8, 4) is 0 Å². The minimum atomic E-state index is -4.01. The third-order valence-corrected chi connectivity index (χ3v) is 6.74. The highest BCUT2D eigenvalue weighted by Gasteiger charge is 2.36. The number of sulfonamides is 1. The molecule has 9 heteroatoms. The molecule has 1 aliphatic heterocycles. The largest absolute Gasteiger partial charge is 0.348 e. The van der Waals surface area contributed by atoms with E-state index in [2.05, 4.69) is 5.32 Å². The van der Waals surface area contributed by atoms with Gasteiger partial charge < -0.3 is 10.2 Å². The number of benzene rings is 1. The van der Waals surface area contributed by atoms with E-state index in [-0.39, 0.29) is 31.1 Å². The molecule has 1 aromatic rings. The fourth-order valence-corrected chi connectivity index (χ4v) is 4.50. The van der Waals surface area contributed by atoms with Crippen LogP contribution in [0.5, 0.6) is 0 Å². The second kappa shape index (κ2) is 6.97. The fraction of sp³-hybridized carbons (Fsp3) is 0.562. The Bertz CT molecular complexity index is 760. The predicted molar refractivity (Wildman–Crippen MR) is 86.4 cm³/mol. The summed E-state index contributed by atoms with van der Waals surface area (Å²) >= 11 is 0. The number of hydrogen-bond acceptors (Lipinski definition) is 3. The normalized spacial score (nSPS) is 21.1. The van der Waals surface area contributed by atoms with Crippen molar-refractivity contribution in [2.24, 2.45) is 0 Å². The Morgan fingerprint density at radius 1 is 1.28 bits per heavy atom. The fourth-order valence-electron chi connectivity index (χ4n) is 3.01. The second-order valence-electron chi connectivity index (χ2n) is 6.64. The molecule has 1 saturated carbocycles. The molecule has 1 atom stereocenters. The van der Waals surface area contributed by atoms with Gasteiger partial charge in [-0.05, 0) is 31.9 Å². The maximum absolute atomic E-state index is 13.8. The summed E-state index contributed by atoms with van der Waals surface area (Å²) in [7, 11) is -4.01. The van der Waals surface area contributed by atoms with Gasteiger partial charge in [0.25, 0.3) is 5.91 Å². The quantitative estimate of drug-likeness (QED) is 0.732. The number of amides is 1. The monoisotopic (exact) mass is 374 g/mol. The Kier molecular flexibility index (Phi) is 5.08. The van der Waals surface area contributed by atoms with E-state index in [1.165, 1.54) is 4.31 Å². The molecule has 0 spiro atoms. The van der Waals surface area contributed by atoms with E-state index in [1.807, 2.05) is 6.92 Å². The number of halogens is 2. The predicted octanol–water partition coefficient (Wildman–Crippen LogP) is -0.479. The average Bonchev–Trinajstić information content (AvgIpc) is 3.38. The van der Waals surface area contributed by atoms with E-state index in [4.69, 9.17) is 0 Å². The zero-order chi connectivity index (χ0) is 18.2. The first-order valence-corrected chi connectivity index (χ1v) is 9.83. The Hall–Kier alpha value is -1.58. The first kappa shape index (κ1) is 18.2. The molecule has 1 saturated heterocycles. The first-order chi connectivity index (χ1) is 11.8. The molecule has 1 aromatic carbocycles. The number of hydrogen-bond donors (Lipinski definition) is 2. The summed E-state index contributed by atoms with van der Waals surface area (Å²) < 4.78 is 53.1. The molecule has 2 aliphatic rings.